The highest BCUT2D eigenvalue weighted by atomic mass is 32.2. The van der Waals surface area contributed by atoms with Crippen LogP contribution in [-0.4, -0.2) is 35.4 Å². The lowest BCUT2D eigenvalue weighted by atomic mass is 10.2. The van der Waals surface area contributed by atoms with E-state index in [1.807, 2.05) is 0 Å². The topological polar surface area (TPSA) is 29.5 Å². The molecule has 0 atom stereocenters. The Balaban J connectivity index is 2.13. The highest BCUT2D eigenvalue weighted by Crippen LogP contribution is 2.32. The minimum atomic E-state index is -0.350. The van der Waals surface area contributed by atoms with Crippen molar-refractivity contribution in [3.05, 3.63) is 40.6 Å². The Morgan fingerprint density at radius 1 is 1.45 bits per heavy atom. The molecule has 20 heavy (non-hydrogen) atoms. The monoisotopic (exact) mass is 311 g/mol. The predicted molar refractivity (Wildman–Crippen MR) is 82.8 cm³/mol. The molecule has 1 aromatic rings. The summed E-state index contributed by atoms with van der Waals surface area (Å²) in [5.74, 6) is -0.517. The van der Waals surface area contributed by atoms with Crippen LogP contribution in [0.1, 0.15) is 12.0 Å². The maximum atomic E-state index is 13.6. The lowest BCUT2D eigenvalue weighted by molar-refractivity contribution is -0.122. The molecule has 1 saturated heterocycles. The summed E-state index contributed by atoms with van der Waals surface area (Å²) in [6, 6.07) is 6.34. The van der Waals surface area contributed by atoms with Crippen molar-refractivity contribution in [3.8, 4) is 0 Å². The van der Waals surface area contributed by atoms with Crippen LogP contribution >= 0.6 is 24.0 Å². The third-order valence-electron chi connectivity index (χ3n) is 2.80. The van der Waals surface area contributed by atoms with Crippen LogP contribution in [0, 0.1) is 5.82 Å². The van der Waals surface area contributed by atoms with Crippen molar-refractivity contribution < 1.29 is 13.9 Å². The molecule has 1 aliphatic rings. The average Bonchev–Trinajstić information content (AvgIpc) is 2.69. The highest BCUT2D eigenvalue weighted by molar-refractivity contribution is 8.26. The van der Waals surface area contributed by atoms with Gasteiger partial charge in [0.25, 0.3) is 5.91 Å². The third-order valence-corrected chi connectivity index (χ3v) is 4.17. The first kappa shape index (κ1) is 15.2. The Morgan fingerprint density at radius 2 is 2.20 bits per heavy atom. The Hall–Kier alpha value is -1.24. The molecule has 0 radical (unpaired) electrons. The molecule has 0 bridgehead atoms. The summed E-state index contributed by atoms with van der Waals surface area (Å²) in [6.45, 7) is 1.09. The number of thioether (sulfide) groups is 1. The fraction of sp³-hybridized carbons (Fsp3) is 0.286. The van der Waals surface area contributed by atoms with Gasteiger partial charge >= 0.3 is 0 Å². The molecular weight excluding hydrogens is 297 g/mol. The van der Waals surface area contributed by atoms with Gasteiger partial charge in [0.2, 0.25) is 0 Å². The smallest absolute Gasteiger partial charge is 0.266 e. The van der Waals surface area contributed by atoms with Gasteiger partial charge in [-0.1, -0.05) is 42.2 Å². The summed E-state index contributed by atoms with van der Waals surface area (Å²) in [5, 5.41) is 0. The van der Waals surface area contributed by atoms with Gasteiger partial charge in [-0.15, -0.1) is 0 Å². The van der Waals surface area contributed by atoms with Crippen molar-refractivity contribution in [3.63, 3.8) is 0 Å². The first-order valence-electron chi connectivity index (χ1n) is 6.12. The molecule has 0 spiro atoms. The van der Waals surface area contributed by atoms with Gasteiger partial charge in [-0.3, -0.25) is 9.69 Å². The van der Waals surface area contributed by atoms with Gasteiger partial charge < -0.3 is 4.74 Å². The number of rotatable bonds is 5. The number of thiocarbonyl (C=S) groups is 1. The molecule has 0 aliphatic carbocycles. The quantitative estimate of drug-likeness (QED) is 0.475. The standard InChI is InChI=1S/C14H14FNO2S2/c1-18-8-4-7-16-13(17)12(20-14(16)19)9-10-5-2-3-6-11(10)15/h2-3,5-6,9H,4,7-8H2,1H3/b12-9-. The Bertz CT molecular complexity index is 560. The maximum Gasteiger partial charge on any atom is 0.266 e. The predicted octanol–water partition coefficient (Wildman–Crippen LogP) is 3.06. The lowest BCUT2D eigenvalue weighted by Gasteiger charge is -2.13. The molecule has 3 nitrogen and oxygen atoms in total. The zero-order valence-electron chi connectivity index (χ0n) is 11.0. The van der Waals surface area contributed by atoms with Gasteiger partial charge in [0.05, 0.1) is 4.91 Å². The molecule has 1 amide bonds. The molecule has 0 unspecified atom stereocenters. The average molecular weight is 311 g/mol. The van der Waals surface area contributed by atoms with E-state index in [2.05, 4.69) is 0 Å². The van der Waals surface area contributed by atoms with Gasteiger partial charge in [-0.25, -0.2) is 4.39 Å². The zero-order chi connectivity index (χ0) is 14.5. The Morgan fingerprint density at radius 3 is 2.90 bits per heavy atom. The van der Waals surface area contributed by atoms with Crippen molar-refractivity contribution in [2.45, 2.75) is 6.42 Å². The zero-order valence-corrected chi connectivity index (χ0v) is 12.6. The molecule has 6 heteroatoms. The van der Waals surface area contributed by atoms with E-state index in [-0.39, 0.29) is 11.7 Å². The highest BCUT2D eigenvalue weighted by Gasteiger charge is 2.31. The molecule has 1 aliphatic heterocycles. The van der Waals surface area contributed by atoms with E-state index in [4.69, 9.17) is 17.0 Å². The van der Waals surface area contributed by atoms with Gasteiger partial charge in [-0.05, 0) is 18.6 Å². The number of methoxy groups -OCH3 is 1. The Kier molecular flexibility index (Phi) is 5.28. The molecule has 0 aromatic heterocycles. The van der Waals surface area contributed by atoms with Gasteiger partial charge in [0, 0.05) is 25.8 Å². The summed E-state index contributed by atoms with van der Waals surface area (Å²) in [5.41, 5.74) is 0.393. The normalized spacial score (nSPS) is 17.3. The third kappa shape index (κ3) is 3.45. The SMILES string of the molecule is COCCCN1C(=O)/C(=C/c2ccccc2F)SC1=S. The van der Waals surface area contributed by atoms with Crippen LogP contribution in [0.3, 0.4) is 0 Å². The van der Waals surface area contributed by atoms with Crippen molar-refractivity contribution in [2.75, 3.05) is 20.3 Å². The van der Waals surface area contributed by atoms with Crippen LogP contribution < -0.4 is 0 Å². The molecule has 2 rings (SSSR count). The van der Waals surface area contributed by atoms with Crippen LogP contribution in [-0.2, 0) is 9.53 Å². The summed E-state index contributed by atoms with van der Waals surface area (Å²) in [6.07, 6.45) is 2.26. The number of nitrogens with zero attached hydrogens (tertiary/aromatic N) is 1. The summed E-state index contributed by atoms with van der Waals surface area (Å²) in [4.78, 5) is 14.2. The first-order chi connectivity index (χ1) is 9.63. The molecule has 1 heterocycles. The van der Waals surface area contributed by atoms with Crippen LogP contribution in [0.25, 0.3) is 6.08 Å². The number of ether oxygens (including phenoxy) is 1. The number of hydrogen-bond donors (Lipinski definition) is 0. The minimum Gasteiger partial charge on any atom is -0.385 e. The largest absolute Gasteiger partial charge is 0.385 e. The number of hydrogen-bond acceptors (Lipinski definition) is 4. The van der Waals surface area contributed by atoms with Gasteiger partial charge in [-0.2, -0.15) is 0 Å². The fourth-order valence-electron chi connectivity index (χ4n) is 1.79. The molecule has 0 N–H and O–H groups in total. The number of carbonyl (C=O) groups excluding carboxylic acids is 1. The van der Waals surface area contributed by atoms with Crippen LogP contribution in [0.15, 0.2) is 29.2 Å². The molecule has 1 fully saturated rings. The van der Waals surface area contributed by atoms with E-state index in [0.29, 0.717) is 27.9 Å². The van der Waals surface area contributed by atoms with E-state index >= 15 is 0 Å². The van der Waals surface area contributed by atoms with Crippen LogP contribution in [0.4, 0.5) is 4.39 Å². The van der Waals surface area contributed by atoms with Crippen LogP contribution in [0.2, 0.25) is 0 Å². The minimum absolute atomic E-state index is 0.167. The van der Waals surface area contributed by atoms with E-state index in [1.165, 1.54) is 22.7 Å². The number of benzene rings is 1. The van der Waals surface area contributed by atoms with Crippen molar-refractivity contribution in [1.29, 1.82) is 0 Å². The fourth-order valence-corrected chi connectivity index (χ4v) is 3.09. The number of amides is 1. The number of halogens is 1. The Labute approximate surface area is 126 Å². The molecule has 1 aromatic carbocycles. The summed E-state index contributed by atoms with van der Waals surface area (Å²) in [7, 11) is 1.61. The second-order valence-corrected chi connectivity index (χ2v) is 5.88. The summed E-state index contributed by atoms with van der Waals surface area (Å²) < 4.78 is 19.1. The summed E-state index contributed by atoms with van der Waals surface area (Å²) >= 11 is 6.39. The molecule has 0 saturated carbocycles. The second-order valence-electron chi connectivity index (χ2n) is 4.20. The van der Waals surface area contributed by atoms with Crippen LogP contribution in [0.5, 0.6) is 0 Å². The van der Waals surface area contributed by atoms with Crippen molar-refractivity contribution >= 4 is 40.3 Å². The van der Waals surface area contributed by atoms with Gasteiger partial charge in [0.15, 0.2) is 0 Å². The second kappa shape index (κ2) is 6.97. The molecular formula is C14H14FNO2S2. The first-order valence-corrected chi connectivity index (χ1v) is 7.35. The van der Waals surface area contributed by atoms with E-state index in [0.717, 1.165) is 6.42 Å². The lowest BCUT2D eigenvalue weighted by Crippen LogP contribution is -2.29. The van der Waals surface area contributed by atoms with E-state index in [9.17, 15) is 9.18 Å². The van der Waals surface area contributed by atoms with Crippen molar-refractivity contribution in [1.82, 2.24) is 4.90 Å². The number of carbonyl (C=O) groups is 1. The molecule has 106 valence electrons. The maximum absolute atomic E-state index is 13.6. The van der Waals surface area contributed by atoms with Gasteiger partial charge in [0.1, 0.15) is 10.1 Å². The van der Waals surface area contributed by atoms with Crippen molar-refractivity contribution in [2.24, 2.45) is 0 Å². The van der Waals surface area contributed by atoms with E-state index in [1.54, 1.807) is 31.4 Å². The van der Waals surface area contributed by atoms with E-state index < -0.39 is 0 Å².